The minimum atomic E-state index is -0.389. The predicted molar refractivity (Wildman–Crippen MR) is 87.1 cm³/mol. The van der Waals surface area contributed by atoms with Crippen LogP contribution < -0.4 is 0 Å². The molecule has 0 aromatic heterocycles. The van der Waals surface area contributed by atoms with Gasteiger partial charge >= 0.3 is 0 Å². The van der Waals surface area contributed by atoms with Crippen molar-refractivity contribution in [1.29, 1.82) is 0 Å². The summed E-state index contributed by atoms with van der Waals surface area (Å²) < 4.78 is 0. The minimum Gasteiger partial charge on any atom is -0.387 e. The fraction of sp³-hybridized carbons (Fsp3) is 0.667. The first-order valence-corrected chi connectivity index (χ1v) is 7.98. The van der Waals surface area contributed by atoms with Gasteiger partial charge in [-0.1, -0.05) is 49.6 Å². The molecule has 0 aliphatic rings. The van der Waals surface area contributed by atoms with E-state index in [1.54, 1.807) is 0 Å². The maximum atomic E-state index is 10.5. The van der Waals surface area contributed by atoms with Gasteiger partial charge in [-0.15, -0.1) is 0 Å². The lowest BCUT2D eigenvalue weighted by atomic mass is 10.0. The number of benzene rings is 1. The van der Waals surface area contributed by atoms with Gasteiger partial charge in [0, 0.05) is 12.6 Å². The number of aryl methyl sites for hydroxylation is 2. The molecule has 0 bridgehead atoms. The SMILES string of the molecule is CCCCN(CC(O)c1cc(C)cc(C)c1)C(C)CC. The Kier molecular flexibility index (Phi) is 7.25. The Morgan fingerprint density at radius 3 is 2.20 bits per heavy atom. The smallest absolute Gasteiger partial charge is 0.0917 e. The molecule has 2 atom stereocenters. The van der Waals surface area contributed by atoms with Gasteiger partial charge in [-0.25, -0.2) is 0 Å². The molecule has 2 unspecified atom stereocenters. The van der Waals surface area contributed by atoms with Crippen molar-refractivity contribution in [1.82, 2.24) is 4.90 Å². The number of hydrogen-bond acceptors (Lipinski definition) is 2. The second-order valence-electron chi connectivity index (χ2n) is 6.04. The molecule has 0 spiro atoms. The maximum Gasteiger partial charge on any atom is 0.0917 e. The molecule has 1 aromatic carbocycles. The molecule has 0 aliphatic carbocycles. The third-order valence-corrected chi connectivity index (χ3v) is 4.05. The Morgan fingerprint density at radius 1 is 1.10 bits per heavy atom. The number of unbranched alkanes of at least 4 members (excludes halogenated alkanes) is 1. The van der Waals surface area contributed by atoms with Crippen LogP contribution in [0.5, 0.6) is 0 Å². The Hall–Kier alpha value is -0.860. The van der Waals surface area contributed by atoms with Crippen LogP contribution in [0.25, 0.3) is 0 Å². The fourth-order valence-electron chi connectivity index (χ4n) is 2.64. The molecule has 2 heteroatoms. The Balaban J connectivity index is 2.75. The molecule has 0 amide bonds. The van der Waals surface area contributed by atoms with Gasteiger partial charge < -0.3 is 5.11 Å². The van der Waals surface area contributed by atoms with E-state index in [4.69, 9.17) is 0 Å². The van der Waals surface area contributed by atoms with Gasteiger partial charge in [0.1, 0.15) is 0 Å². The lowest BCUT2D eigenvalue weighted by molar-refractivity contribution is 0.0886. The lowest BCUT2D eigenvalue weighted by Gasteiger charge is -2.30. The second kappa shape index (κ2) is 8.43. The molecular formula is C18H31NO. The van der Waals surface area contributed by atoms with Crippen molar-refractivity contribution in [3.8, 4) is 0 Å². The molecule has 1 rings (SSSR count). The Labute approximate surface area is 124 Å². The van der Waals surface area contributed by atoms with Gasteiger partial charge in [-0.2, -0.15) is 0 Å². The molecule has 0 aliphatic heterocycles. The summed E-state index contributed by atoms with van der Waals surface area (Å²) >= 11 is 0. The summed E-state index contributed by atoms with van der Waals surface area (Å²) in [5.74, 6) is 0. The quantitative estimate of drug-likeness (QED) is 0.768. The van der Waals surface area contributed by atoms with Gasteiger partial charge in [0.25, 0.3) is 0 Å². The van der Waals surface area contributed by atoms with E-state index in [0.717, 1.165) is 25.1 Å². The molecule has 2 nitrogen and oxygen atoms in total. The standard InChI is InChI=1S/C18H31NO/c1-6-8-9-19(16(5)7-2)13-18(20)17-11-14(3)10-15(4)12-17/h10-12,16,18,20H,6-9,13H2,1-5H3. The number of hydrogen-bond donors (Lipinski definition) is 1. The lowest BCUT2D eigenvalue weighted by Crippen LogP contribution is -2.37. The molecule has 1 N–H and O–H groups in total. The first-order valence-electron chi connectivity index (χ1n) is 7.98. The molecule has 0 radical (unpaired) electrons. The number of nitrogens with zero attached hydrogens (tertiary/aromatic N) is 1. The van der Waals surface area contributed by atoms with Gasteiger partial charge in [0.15, 0.2) is 0 Å². The van der Waals surface area contributed by atoms with Crippen LogP contribution in [-0.4, -0.2) is 29.1 Å². The van der Waals surface area contributed by atoms with E-state index in [1.807, 2.05) is 0 Å². The van der Waals surface area contributed by atoms with Crippen LogP contribution in [0.3, 0.4) is 0 Å². The van der Waals surface area contributed by atoms with Crippen molar-refractivity contribution in [3.63, 3.8) is 0 Å². The molecule has 114 valence electrons. The minimum absolute atomic E-state index is 0.389. The molecule has 0 heterocycles. The van der Waals surface area contributed by atoms with Crippen molar-refractivity contribution in [2.45, 2.75) is 66.0 Å². The summed E-state index contributed by atoms with van der Waals surface area (Å²) in [6, 6.07) is 6.89. The summed E-state index contributed by atoms with van der Waals surface area (Å²) in [6.45, 7) is 12.7. The Morgan fingerprint density at radius 2 is 1.70 bits per heavy atom. The highest BCUT2D eigenvalue weighted by Gasteiger charge is 2.17. The van der Waals surface area contributed by atoms with E-state index in [0.29, 0.717) is 6.04 Å². The molecular weight excluding hydrogens is 246 g/mol. The monoisotopic (exact) mass is 277 g/mol. The van der Waals surface area contributed by atoms with Gasteiger partial charge in [-0.05, 0) is 45.7 Å². The highest BCUT2D eigenvalue weighted by atomic mass is 16.3. The van der Waals surface area contributed by atoms with Crippen LogP contribution in [0.15, 0.2) is 18.2 Å². The normalized spacial score (nSPS) is 14.6. The van der Waals surface area contributed by atoms with Crippen LogP contribution >= 0.6 is 0 Å². The molecule has 0 fully saturated rings. The summed E-state index contributed by atoms with van der Waals surface area (Å²) in [6.07, 6.45) is 3.14. The van der Waals surface area contributed by atoms with Crippen molar-refractivity contribution in [2.75, 3.05) is 13.1 Å². The molecule has 1 aromatic rings. The van der Waals surface area contributed by atoms with E-state index in [1.165, 1.54) is 24.0 Å². The number of aliphatic hydroxyl groups excluding tert-OH is 1. The summed E-state index contributed by atoms with van der Waals surface area (Å²) in [7, 11) is 0. The van der Waals surface area contributed by atoms with Crippen molar-refractivity contribution >= 4 is 0 Å². The van der Waals surface area contributed by atoms with Crippen LogP contribution in [0.1, 0.15) is 62.8 Å². The third-order valence-electron chi connectivity index (χ3n) is 4.05. The zero-order chi connectivity index (χ0) is 15.1. The predicted octanol–water partition coefficient (Wildman–Crippen LogP) is 4.24. The third kappa shape index (κ3) is 5.26. The van der Waals surface area contributed by atoms with E-state index < -0.39 is 0 Å². The van der Waals surface area contributed by atoms with Crippen LogP contribution in [0.4, 0.5) is 0 Å². The zero-order valence-electron chi connectivity index (χ0n) is 13.8. The van der Waals surface area contributed by atoms with E-state index in [-0.39, 0.29) is 6.10 Å². The Bertz CT molecular complexity index is 382. The van der Waals surface area contributed by atoms with Crippen LogP contribution in [-0.2, 0) is 0 Å². The average Bonchev–Trinajstić information content (AvgIpc) is 2.41. The topological polar surface area (TPSA) is 23.5 Å². The van der Waals surface area contributed by atoms with Crippen molar-refractivity contribution < 1.29 is 5.11 Å². The van der Waals surface area contributed by atoms with Crippen molar-refractivity contribution in [2.24, 2.45) is 0 Å². The van der Waals surface area contributed by atoms with E-state index in [2.05, 4.69) is 57.7 Å². The summed E-state index contributed by atoms with van der Waals surface area (Å²) in [5.41, 5.74) is 3.50. The first-order chi connectivity index (χ1) is 9.47. The van der Waals surface area contributed by atoms with Gasteiger partial charge in [0.2, 0.25) is 0 Å². The van der Waals surface area contributed by atoms with E-state index >= 15 is 0 Å². The largest absolute Gasteiger partial charge is 0.387 e. The molecule has 20 heavy (non-hydrogen) atoms. The number of rotatable bonds is 8. The van der Waals surface area contributed by atoms with Crippen LogP contribution in [0.2, 0.25) is 0 Å². The van der Waals surface area contributed by atoms with E-state index in [9.17, 15) is 5.11 Å². The van der Waals surface area contributed by atoms with Crippen LogP contribution in [0, 0.1) is 13.8 Å². The molecule has 0 saturated carbocycles. The summed E-state index contributed by atoms with van der Waals surface area (Å²) in [4.78, 5) is 2.42. The average molecular weight is 277 g/mol. The van der Waals surface area contributed by atoms with Gasteiger partial charge in [-0.3, -0.25) is 4.90 Å². The first kappa shape index (κ1) is 17.2. The fourth-order valence-corrected chi connectivity index (χ4v) is 2.64. The zero-order valence-corrected chi connectivity index (χ0v) is 13.8. The summed E-state index contributed by atoms with van der Waals surface area (Å²) in [5, 5.41) is 10.5. The molecule has 0 saturated heterocycles. The highest BCUT2D eigenvalue weighted by Crippen LogP contribution is 2.20. The highest BCUT2D eigenvalue weighted by molar-refractivity contribution is 5.30. The van der Waals surface area contributed by atoms with Gasteiger partial charge in [0.05, 0.1) is 6.10 Å². The second-order valence-corrected chi connectivity index (χ2v) is 6.04. The van der Waals surface area contributed by atoms with Crippen molar-refractivity contribution in [3.05, 3.63) is 34.9 Å². The maximum absolute atomic E-state index is 10.5. The number of aliphatic hydroxyl groups is 1.